The predicted molar refractivity (Wildman–Crippen MR) is 68.5 cm³/mol. The summed E-state index contributed by atoms with van der Waals surface area (Å²) in [6.45, 7) is 1.63. The van der Waals surface area contributed by atoms with Crippen LogP contribution in [0.2, 0.25) is 5.02 Å². The Morgan fingerprint density at radius 3 is 2.69 bits per heavy atom. The lowest BCUT2D eigenvalue weighted by Crippen LogP contribution is -2.15. The van der Waals surface area contributed by atoms with E-state index in [0.717, 1.165) is 41.3 Å². The van der Waals surface area contributed by atoms with Crippen LogP contribution >= 0.6 is 27.5 Å². The largest absolute Gasteiger partial charge is 0.495 e. The molecule has 0 aromatic heterocycles. The first-order chi connectivity index (χ1) is 7.72. The molecule has 1 aliphatic rings. The first kappa shape index (κ1) is 12.2. The molecule has 1 aromatic rings. The Labute approximate surface area is 109 Å². The van der Waals surface area contributed by atoms with Gasteiger partial charge in [-0.3, -0.25) is 0 Å². The van der Waals surface area contributed by atoms with Gasteiger partial charge in [0.25, 0.3) is 0 Å². The van der Waals surface area contributed by atoms with Crippen molar-refractivity contribution in [3.63, 3.8) is 0 Å². The van der Waals surface area contributed by atoms with E-state index in [4.69, 9.17) is 21.1 Å². The fourth-order valence-corrected chi connectivity index (χ4v) is 3.10. The zero-order chi connectivity index (χ0) is 11.5. The Balaban J connectivity index is 2.36. The second-order valence-electron chi connectivity index (χ2n) is 3.90. The van der Waals surface area contributed by atoms with Gasteiger partial charge in [-0.25, -0.2) is 0 Å². The molecule has 0 saturated carbocycles. The van der Waals surface area contributed by atoms with Crippen molar-refractivity contribution >= 4 is 27.5 Å². The van der Waals surface area contributed by atoms with Crippen molar-refractivity contribution in [2.45, 2.75) is 18.8 Å². The quantitative estimate of drug-likeness (QED) is 0.822. The van der Waals surface area contributed by atoms with Gasteiger partial charge in [-0.05, 0) is 46.8 Å². The molecule has 16 heavy (non-hydrogen) atoms. The number of methoxy groups -OCH3 is 1. The summed E-state index contributed by atoms with van der Waals surface area (Å²) in [5.74, 6) is 1.38. The molecule has 2 rings (SSSR count). The van der Waals surface area contributed by atoms with Crippen molar-refractivity contribution in [2.24, 2.45) is 0 Å². The molecule has 88 valence electrons. The number of halogens is 2. The Morgan fingerprint density at radius 1 is 1.38 bits per heavy atom. The van der Waals surface area contributed by atoms with Crippen LogP contribution in [-0.2, 0) is 4.74 Å². The van der Waals surface area contributed by atoms with Crippen molar-refractivity contribution < 1.29 is 9.47 Å². The second kappa shape index (κ2) is 5.39. The summed E-state index contributed by atoms with van der Waals surface area (Å²) in [5.41, 5.74) is 1.19. The molecule has 1 heterocycles. The minimum atomic E-state index is 0.485. The van der Waals surface area contributed by atoms with Gasteiger partial charge in [0.15, 0.2) is 0 Å². The lowest BCUT2D eigenvalue weighted by atomic mass is 9.91. The molecule has 1 aromatic carbocycles. The average molecular weight is 306 g/mol. The minimum Gasteiger partial charge on any atom is -0.495 e. The van der Waals surface area contributed by atoms with E-state index < -0.39 is 0 Å². The van der Waals surface area contributed by atoms with E-state index >= 15 is 0 Å². The molecule has 0 amide bonds. The maximum absolute atomic E-state index is 6.08. The molecule has 0 spiro atoms. The minimum absolute atomic E-state index is 0.485. The van der Waals surface area contributed by atoms with Gasteiger partial charge in [-0.15, -0.1) is 0 Å². The average Bonchev–Trinajstić information content (AvgIpc) is 2.29. The van der Waals surface area contributed by atoms with Gasteiger partial charge < -0.3 is 9.47 Å². The van der Waals surface area contributed by atoms with Crippen molar-refractivity contribution in [1.82, 2.24) is 0 Å². The van der Waals surface area contributed by atoms with E-state index in [1.54, 1.807) is 7.11 Å². The summed E-state index contributed by atoms with van der Waals surface area (Å²) in [6.07, 6.45) is 2.06. The van der Waals surface area contributed by atoms with Gasteiger partial charge in [0, 0.05) is 23.8 Å². The predicted octanol–water partition coefficient (Wildman–Crippen LogP) is 4.01. The molecule has 1 saturated heterocycles. The van der Waals surface area contributed by atoms with Crippen molar-refractivity contribution in [3.05, 3.63) is 27.2 Å². The van der Waals surface area contributed by atoms with E-state index in [2.05, 4.69) is 15.9 Å². The third-order valence-corrected chi connectivity index (χ3v) is 3.71. The van der Waals surface area contributed by atoms with Crippen LogP contribution in [0.25, 0.3) is 0 Å². The van der Waals surface area contributed by atoms with Crippen molar-refractivity contribution in [3.8, 4) is 5.75 Å². The maximum Gasteiger partial charge on any atom is 0.136 e. The van der Waals surface area contributed by atoms with Crippen LogP contribution in [-0.4, -0.2) is 20.3 Å². The summed E-state index contributed by atoms with van der Waals surface area (Å²) in [4.78, 5) is 0. The zero-order valence-corrected chi connectivity index (χ0v) is 11.5. The fraction of sp³-hybridized carbons (Fsp3) is 0.500. The maximum atomic E-state index is 6.08. The van der Waals surface area contributed by atoms with Gasteiger partial charge in [0.05, 0.1) is 11.6 Å². The highest BCUT2D eigenvalue weighted by atomic mass is 79.9. The number of rotatable bonds is 2. The number of ether oxygens (including phenoxy) is 2. The Kier molecular flexibility index (Phi) is 4.11. The molecule has 0 atom stereocenters. The summed E-state index contributed by atoms with van der Waals surface area (Å²) < 4.78 is 11.7. The van der Waals surface area contributed by atoms with Crippen LogP contribution in [0.4, 0.5) is 0 Å². The van der Waals surface area contributed by atoms with Gasteiger partial charge in [-0.1, -0.05) is 11.6 Å². The Morgan fingerprint density at radius 2 is 2.06 bits per heavy atom. The van der Waals surface area contributed by atoms with Crippen LogP contribution in [0, 0.1) is 0 Å². The molecule has 0 aliphatic carbocycles. The van der Waals surface area contributed by atoms with Crippen LogP contribution in [0.3, 0.4) is 0 Å². The standard InChI is InChI=1S/C12H14BrClO2/c1-15-12-10(6-9(14)7-11(12)13)8-2-4-16-5-3-8/h6-8H,2-5H2,1H3. The molecule has 0 radical (unpaired) electrons. The molecule has 1 fully saturated rings. The molecular weight excluding hydrogens is 291 g/mol. The highest BCUT2D eigenvalue weighted by molar-refractivity contribution is 9.10. The third kappa shape index (κ3) is 2.53. The van der Waals surface area contributed by atoms with Gasteiger partial charge in [0.2, 0.25) is 0 Å². The van der Waals surface area contributed by atoms with Crippen LogP contribution < -0.4 is 4.74 Å². The molecule has 4 heteroatoms. The lowest BCUT2D eigenvalue weighted by molar-refractivity contribution is 0.0848. The summed E-state index contributed by atoms with van der Waals surface area (Å²) in [5, 5.41) is 0.745. The Hall–Kier alpha value is -0.250. The van der Waals surface area contributed by atoms with E-state index in [1.165, 1.54) is 5.56 Å². The number of hydrogen-bond donors (Lipinski definition) is 0. The SMILES string of the molecule is COc1c(Br)cc(Cl)cc1C1CCOCC1. The molecule has 2 nitrogen and oxygen atoms in total. The molecule has 1 aliphatic heterocycles. The van der Waals surface area contributed by atoms with E-state index in [9.17, 15) is 0 Å². The third-order valence-electron chi connectivity index (χ3n) is 2.90. The Bertz CT molecular complexity index is 376. The summed E-state index contributed by atoms with van der Waals surface area (Å²) in [7, 11) is 1.69. The monoisotopic (exact) mass is 304 g/mol. The summed E-state index contributed by atoms with van der Waals surface area (Å²) >= 11 is 9.57. The first-order valence-electron chi connectivity index (χ1n) is 5.33. The smallest absolute Gasteiger partial charge is 0.136 e. The lowest BCUT2D eigenvalue weighted by Gasteiger charge is -2.24. The molecule has 0 N–H and O–H groups in total. The van der Waals surface area contributed by atoms with E-state index in [1.807, 2.05) is 12.1 Å². The highest BCUT2D eigenvalue weighted by Gasteiger charge is 2.21. The first-order valence-corrected chi connectivity index (χ1v) is 6.50. The number of hydrogen-bond acceptors (Lipinski definition) is 2. The number of benzene rings is 1. The van der Waals surface area contributed by atoms with Gasteiger partial charge in [0.1, 0.15) is 5.75 Å². The fourth-order valence-electron chi connectivity index (χ4n) is 2.11. The van der Waals surface area contributed by atoms with E-state index in [-0.39, 0.29) is 0 Å². The van der Waals surface area contributed by atoms with Crippen LogP contribution in [0.15, 0.2) is 16.6 Å². The zero-order valence-electron chi connectivity index (χ0n) is 9.13. The van der Waals surface area contributed by atoms with Crippen LogP contribution in [0.5, 0.6) is 5.75 Å². The molecule has 0 bridgehead atoms. The van der Waals surface area contributed by atoms with Gasteiger partial charge in [-0.2, -0.15) is 0 Å². The van der Waals surface area contributed by atoms with Crippen molar-refractivity contribution in [1.29, 1.82) is 0 Å². The second-order valence-corrected chi connectivity index (χ2v) is 5.19. The van der Waals surface area contributed by atoms with Crippen molar-refractivity contribution in [2.75, 3.05) is 20.3 Å². The van der Waals surface area contributed by atoms with E-state index in [0.29, 0.717) is 5.92 Å². The van der Waals surface area contributed by atoms with Gasteiger partial charge >= 0.3 is 0 Å². The summed E-state index contributed by atoms with van der Waals surface area (Å²) in [6, 6.07) is 3.87. The highest BCUT2D eigenvalue weighted by Crippen LogP contribution is 2.40. The topological polar surface area (TPSA) is 18.5 Å². The molecule has 0 unspecified atom stereocenters. The normalized spacial score (nSPS) is 17.4. The molecular formula is C12H14BrClO2. The van der Waals surface area contributed by atoms with Crippen LogP contribution in [0.1, 0.15) is 24.3 Å².